The van der Waals surface area contributed by atoms with Crippen molar-refractivity contribution in [3.05, 3.63) is 101 Å². The number of amides is 2. The molecule has 0 unspecified atom stereocenters. The van der Waals surface area contributed by atoms with Crippen LogP contribution in [0.3, 0.4) is 0 Å². The fourth-order valence-electron chi connectivity index (χ4n) is 3.11. The van der Waals surface area contributed by atoms with Crippen molar-refractivity contribution in [3.8, 4) is 5.75 Å². The number of nitrogens with one attached hydrogen (secondary N) is 1. The molecule has 1 fully saturated rings. The molecule has 144 valence electrons. The molecule has 2 amide bonds. The number of hydrazine groups is 1. The summed E-state index contributed by atoms with van der Waals surface area (Å²) in [6.45, 7) is 2.50. The van der Waals surface area contributed by atoms with Crippen LogP contribution < -0.4 is 15.2 Å². The van der Waals surface area contributed by atoms with Crippen molar-refractivity contribution in [2.24, 2.45) is 0 Å². The Balaban J connectivity index is 1.52. The van der Waals surface area contributed by atoms with Gasteiger partial charge in [0.2, 0.25) is 0 Å². The van der Waals surface area contributed by atoms with Crippen molar-refractivity contribution < 1.29 is 14.3 Å². The van der Waals surface area contributed by atoms with Gasteiger partial charge >= 0.3 is 0 Å². The molecule has 5 heteroatoms. The Hall–Kier alpha value is -3.86. The minimum absolute atomic E-state index is 0.0879. The standard InChI is InChI=1S/C24H20N2O3/c1-17-8-5-6-10-19(17)16-29-21-13-7-9-18(14-21)15-22-23(27)25-26(24(22)28)20-11-3-2-4-12-20/h2-15H,16H2,1H3,(H,25,27)/b22-15-. The Morgan fingerprint density at radius 3 is 2.48 bits per heavy atom. The van der Waals surface area contributed by atoms with Crippen LogP contribution in [0.5, 0.6) is 5.75 Å². The molecule has 0 bridgehead atoms. The number of rotatable bonds is 5. The van der Waals surface area contributed by atoms with Crippen LogP contribution in [-0.2, 0) is 16.2 Å². The molecule has 0 atom stereocenters. The molecular weight excluding hydrogens is 364 g/mol. The van der Waals surface area contributed by atoms with E-state index < -0.39 is 5.91 Å². The first-order chi connectivity index (χ1) is 14.1. The average Bonchev–Trinajstić information content (AvgIpc) is 3.02. The summed E-state index contributed by atoms with van der Waals surface area (Å²) >= 11 is 0. The van der Waals surface area contributed by atoms with E-state index in [1.54, 1.807) is 18.2 Å². The van der Waals surface area contributed by atoms with Crippen LogP contribution in [0.1, 0.15) is 16.7 Å². The Labute approximate surface area is 169 Å². The first-order valence-electron chi connectivity index (χ1n) is 9.31. The number of nitrogens with zero attached hydrogens (tertiary/aromatic N) is 1. The van der Waals surface area contributed by atoms with Crippen molar-refractivity contribution in [1.82, 2.24) is 5.43 Å². The molecule has 0 aromatic heterocycles. The lowest BCUT2D eigenvalue weighted by Gasteiger charge is -2.13. The molecule has 5 nitrogen and oxygen atoms in total. The SMILES string of the molecule is Cc1ccccc1COc1cccc(/C=C2/C(=O)NN(c3ccccc3)C2=O)c1. The second-order valence-corrected chi connectivity index (χ2v) is 6.76. The zero-order chi connectivity index (χ0) is 20.2. The van der Waals surface area contributed by atoms with Gasteiger partial charge in [0.15, 0.2) is 0 Å². The van der Waals surface area contributed by atoms with Crippen LogP contribution in [0.15, 0.2) is 84.4 Å². The predicted octanol–water partition coefficient (Wildman–Crippen LogP) is 4.04. The van der Waals surface area contributed by atoms with E-state index in [1.807, 2.05) is 73.7 Å². The first-order valence-corrected chi connectivity index (χ1v) is 9.31. The molecule has 1 N–H and O–H groups in total. The van der Waals surface area contributed by atoms with Crippen molar-refractivity contribution in [3.63, 3.8) is 0 Å². The third kappa shape index (κ3) is 4.04. The summed E-state index contributed by atoms with van der Waals surface area (Å²) in [6, 6.07) is 24.4. The second-order valence-electron chi connectivity index (χ2n) is 6.76. The van der Waals surface area contributed by atoms with Crippen LogP contribution in [0.4, 0.5) is 5.69 Å². The van der Waals surface area contributed by atoms with Gasteiger partial charge < -0.3 is 4.74 Å². The van der Waals surface area contributed by atoms with Gasteiger partial charge in [-0.15, -0.1) is 0 Å². The summed E-state index contributed by atoms with van der Waals surface area (Å²) in [4.78, 5) is 25.0. The maximum Gasteiger partial charge on any atom is 0.282 e. The fraction of sp³-hybridized carbons (Fsp3) is 0.0833. The summed E-state index contributed by atoms with van der Waals surface area (Å²) in [5, 5.41) is 1.26. The Morgan fingerprint density at radius 1 is 0.931 bits per heavy atom. The molecule has 0 aliphatic carbocycles. The molecule has 4 rings (SSSR count). The van der Waals surface area contributed by atoms with E-state index in [4.69, 9.17) is 4.74 Å². The summed E-state index contributed by atoms with van der Waals surface area (Å²) in [5.41, 5.74) is 6.31. The van der Waals surface area contributed by atoms with Gasteiger partial charge in [-0.3, -0.25) is 15.0 Å². The lowest BCUT2D eigenvalue weighted by molar-refractivity contribution is -0.117. The number of carbonyl (C=O) groups excluding carboxylic acids is 2. The van der Waals surface area contributed by atoms with Crippen LogP contribution >= 0.6 is 0 Å². The van der Waals surface area contributed by atoms with Crippen molar-refractivity contribution in [1.29, 1.82) is 0 Å². The quantitative estimate of drug-likeness (QED) is 0.534. The highest BCUT2D eigenvalue weighted by Crippen LogP contribution is 2.23. The number of aryl methyl sites for hydroxylation is 1. The average molecular weight is 384 g/mol. The van der Waals surface area contributed by atoms with E-state index in [-0.39, 0.29) is 11.5 Å². The molecule has 1 aliphatic heterocycles. The molecule has 1 saturated heterocycles. The monoisotopic (exact) mass is 384 g/mol. The highest BCUT2D eigenvalue weighted by atomic mass is 16.5. The minimum atomic E-state index is -0.426. The van der Waals surface area contributed by atoms with Crippen molar-refractivity contribution >= 4 is 23.6 Å². The lowest BCUT2D eigenvalue weighted by atomic mass is 10.1. The van der Waals surface area contributed by atoms with Crippen LogP contribution in [0.2, 0.25) is 0 Å². The largest absolute Gasteiger partial charge is 0.489 e. The number of ether oxygens (including phenoxy) is 1. The molecule has 1 aliphatic rings. The number of benzene rings is 3. The van der Waals surface area contributed by atoms with Crippen molar-refractivity contribution in [2.45, 2.75) is 13.5 Å². The molecule has 3 aromatic carbocycles. The smallest absolute Gasteiger partial charge is 0.282 e. The zero-order valence-electron chi connectivity index (χ0n) is 16.0. The maximum absolute atomic E-state index is 12.7. The van der Waals surface area contributed by atoms with E-state index >= 15 is 0 Å². The molecule has 1 heterocycles. The third-order valence-electron chi connectivity index (χ3n) is 4.73. The van der Waals surface area contributed by atoms with Gasteiger partial charge in [-0.2, -0.15) is 0 Å². The Kier molecular flexibility index (Phi) is 5.12. The van der Waals surface area contributed by atoms with Gasteiger partial charge in [-0.25, -0.2) is 5.01 Å². The van der Waals surface area contributed by atoms with Crippen LogP contribution in [0, 0.1) is 6.92 Å². The molecule has 3 aromatic rings. The number of hydrogen-bond acceptors (Lipinski definition) is 3. The molecule has 0 radical (unpaired) electrons. The maximum atomic E-state index is 12.7. The van der Waals surface area contributed by atoms with Crippen LogP contribution in [-0.4, -0.2) is 11.8 Å². The van der Waals surface area contributed by atoms with Crippen LogP contribution in [0.25, 0.3) is 6.08 Å². The Bertz CT molecular complexity index is 1090. The van der Waals surface area contributed by atoms with Gasteiger partial charge in [0.05, 0.1) is 5.69 Å². The Morgan fingerprint density at radius 2 is 1.69 bits per heavy atom. The molecule has 29 heavy (non-hydrogen) atoms. The van der Waals surface area contributed by atoms with Gasteiger partial charge in [0.25, 0.3) is 11.8 Å². The summed E-state index contributed by atoms with van der Waals surface area (Å²) < 4.78 is 5.90. The van der Waals surface area contributed by atoms with E-state index in [0.29, 0.717) is 18.0 Å². The lowest BCUT2D eigenvalue weighted by Crippen LogP contribution is -2.35. The minimum Gasteiger partial charge on any atom is -0.489 e. The fourth-order valence-corrected chi connectivity index (χ4v) is 3.11. The number of para-hydroxylation sites is 1. The predicted molar refractivity (Wildman–Crippen MR) is 112 cm³/mol. The third-order valence-corrected chi connectivity index (χ3v) is 4.73. The summed E-state index contributed by atoms with van der Waals surface area (Å²) in [5.74, 6) is -0.133. The van der Waals surface area contributed by atoms with Crippen molar-refractivity contribution in [2.75, 3.05) is 5.01 Å². The summed E-state index contributed by atoms with van der Waals surface area (Å²) in [6.07, 6.45) is 1.58. The van der Waals surface area contributed by atoms with Gasteiger partial charge in [0.1, 0.15) is 17.9 Å². The first kappa shape index (κ1) is 18.5. The summed E-state index contributed by atoms with van der Waals surface area (Å²) in [7, 11) is 0. The second kappa shape index (κ2) is 8.02. The number of anilines is 1. The molecular formula is C24H20N2O3. The van der Waals surface area contributed by atoms with Gasteiger partial charge in [0, 0.05) is 0 Å². The molecule has 0 saturated carbocycles. The topological polar surface area (TPSA) is 58.6 Å². The number of carbonyl (C=O) groups is 2. The van der Waals surface area contributed by atoms with E-state index in [2.05, 4.69) is 5.43 Å². The van der Waals surface area contributed by atoms with Gasteiger partial charge in [-0.05, 0) is 54.0 Å². The van der Waals surface area contributed by atoms with Gasteiger partial charge in [-0.1, -0.05) is 54.6 Å². The normalized spacial score (nSPS) is 14.9. The number of hydrogen-bond donors (Lipinski definition) is 1. The zero-order valence-corrected chi connectivity index (χ0v) is 16.0. The highest BCUT2D eigenvalue weighted by Gasteiger charge is 2.34. The molecule has 0 spiro atoms. The van der Waals surface area contributed by atoms with E-state index in [1.165, 1.54) is 10.6 Å². The van der Waals surface area contributed by atoms with E-state index in [9.17, 15) is 9.59 Å². The van der Waals surface area contributed by atoms with E-state index in [0.717, 1.165) is 11.1 Å². The highest BCUT2D eigenvalue weighted by molar-refractivity contribution is 6.31.